The number of benzene rings is 2. The van der Waals surface area contributed by atoms with Gasteiger partial charge in [0.15, 0.2) is 6.04 Å². The smallest absolute Gasteiger partial charge is 0.408 e. The number of nitrogens with one attached hydrogen (secondary N) is 1. The van der Waals surface area contributed by atoms with E-state index in [0.717, 1.165) is 37.0 Å². The number of rotatable bonds is 9. The number of carbonyl (C=O) groups is 2. The third-order valence-electron chi connectivity index (χ3n) is 4.97. The first-order valence-electron chi connectivity index (χ1n) is 10.1. The average molecular weight is 413 g/mol. The molecule has 7 nitrogen and oxygen atoms in total. The average Bonchev–Trinajstić information content (AvgIpc) is 2.77. The van der Waals surface area contributed by atoms with Crippen molar-refractivity contribution < 1.29 is 28.9 Å². The van der Waals surface area contributed by atoms with Gasteiger partial charge < -0.3 is 24.6 Å². The first-order valence-corrected chi connectivity index (χ1v) is 10.1. The molecule has 0 aliphatic heterocycles. The summed E-state index contributed by atoms with van der Waals surface area (Å²) in [6.07, 6.45) is 2.53. The number of carbonyl (C=O) groups excluding carboxylic acids is 1. The Kier molecular flexibility index (Phi) is 8.09. The Morgan fingerprint density at radius 3 is 2.17 bits per heavy atom. The van der Waals surface area contributed by atoms with Crippen LogP contribution in [0.25, 0.3) is 0 Å². The van der Waals surface area contributed by atoms with Crippen molar-refractivity contribution in [1.82, 2.24) is 5.32 Å². The zero-order chi connectivity index (χ0) is 21.2. The van der Waals surface area contributed by atoms with E-state index in [-0.39, 0.29) is 25.4 Å². The van der Waals surface area contributed by atoms with Crippen molar-refractivity contribution in [3.8, 4) is 5.75 Å². The minimum atomic E-state index is -1.16. The van der Waals surface area contributed by atoms with Crippen LogP contribution in [0, 0.1) is 0 Å². The first-order chi connectivity index (χ1) is 14.6. The highest BCUT2D eigenvalue weighted by Gasteiger charge is 2.26. The molecule has 1 unspecified atom stereocenters. The predicted molar refractivity (Wildman–Crippen MR) is 110 cm³/mol. The van der Waals surface area contributed by atoms with Crippen molar-refractivity contribution in [2.24, 2.45) is 0 Å². The summed E-state index contributed by atoms with van der Waals surface area (Å²) in [5.41, 5.74) is 0.824. The molecule has 1 saturated carbocycles. The summed E-state index contributed by atoms with van der Waals surface area (Å²) >= 11 is 0. The molecule has 0 spiro atoms. The highest BCUT2D eigenvalue weighted by molar-refractivity contribution is 5.80. The lowest BCUT2D eigenvalue weighted by molar-refractivity contribution is -0.142. The summed E-state index contributed by atoms with van der Waals surface area (Å²) in [5.74, 6) is -0.307. The van der Waals surface area contributed by atoms with Gasteiger partial charge in [-0.3, -0.25) is 0 Å². The Hall–Kier alpha value is -3.06. The minimum absolute atomic E-state index is 0.0513. The van der Waals surface area contributed by atoms with E-state index in [1.807, 2.05) is 60.7 Å². The van der Waals surface area contributed by atoms with E-state index >= 15 is 0 Å². The monoisotopic (exact) mass is 413 g/mol. The molecule has 1 atom stereocenters. The number of hydrogen-bond donors (Lipinski definition) is 2. The van der Waals surface area contributed by atoms with Crippen molar-refractivity contribution >= 4 is 12.1 Å². The molecule has 2 aromatic carbocycles. The largest absolute Gasteiger partial charge is 0.490 e. The summed E-state index contributed by atoms with van der Waals surface area (Å²) in [7, 11) is 0. The Balaban J connectivity index is 1.37. The van der Waals surface area contributed by atoms with E-state index in [9.17, 15) is 14.7 Å². The van der Waals surface area contributed by atoms with E-state index in [1.54, 1.807) is 0 Å². The van der Waals surface area contributed by atoms with E-state index in [1.165, 1.54) is 0 Å². The Bertz CT molecular complexity index is 790. The summed E-state index contributed by atoms with van der Waals surface area (Å²) in [5, 5.41) is 11.7. The van der Waals surface area contributed by atoms with Crippen LogP contribution in [0.3, 0.4) is 0 Å². The van der Waals surface area contributed by atoms with Crippen molar-refractivity contribution in [2.75, 3.05) is 6.61 Å². The lowest BCUT2D eigenvalue weighted by atomic mass is 9.95. The van der Waals surface area contributed by atoms with Gasteiger partial charge in [0.1, 0.15) is 12.4 Å². The molecule has 3 rings (SSSR count). The molecule has 0 saturated heterocycles. The fourth-order valence-electron chi connectivity index (χ4n) is 3.32. The molecule has 0 heterocycles. The van der Waals surface area contributed by atoms with E-state index in [2.05, 4.69) is 5.32 Å². The van der Waals surface area contributed by atoms with Gasteiger partial charge in [0.05, 0.1) is 18.8 Å². The van der Waals surface area contributed by atoms with Crippen LogP contribution >= 0.6 is 0 Å². The molecule has 2 aromatic rings. The number of carboxylic acid groups (broad SMARTS) is 1. The van der Waals surface area contributed by atoms with Gasteiger partial charge in [-0.2, -0.15) is 0 Å². The minimum Gasteiger partial charge on any atom is -0.490 e. The fraction of sp³-hybridized carbons (Fsp3) is 0.391. The maximum atomic E-state index is 11.9. The molecule has 1 aliphatic rings. The van der Waals surface area contributed by atoms with E-state index < -0.39 is 18.1 Å². The normalized spacial score (nSPS) is 19.5. The van der Waals surface area contributed by atoms with Crippen LogP contribution in [-0.2, 0) is 20.9 Å². The predicted octanol–water partition coefficient (Wildman–Crippen LogP) is 3.77. The van der Waals surface area contributed by atoms with Gasteiger partial charge in [0.25, 0.3) is 0 Å². The van der Waals surface area contributed by atoms with Crippen LogP contribution in [0.2, 0.25) is 0 Å². The van der Waals surface area contributed by atoms with Crippen molar-refractivity contribution in [3.63, 3.8) is 0 Å². The zero-order valence-corrected chi connectivity index (χ0v) is 16.7. The maximum Gasteiger partial charge on any atom is 0.408 e. The standard InChI is InChI=1S/C23H27NO6/c25-22(26)21(24-23(27)29-15-17-7-3-1-4-8-17)16-28-18-11-13-20(14-12-18)30-19-9-5-2-6-10-19/h1-10,18,20-21H,11-16H2,(H,24,27)(H,25,26). The summed E-state index contributed by atoms with van der Waals surface area (Å²) in [6.45, 7) is -0.0318. The van der Waals surface area contributed by atoms with E-state index in [0.29, 0.717) is 0 Å². The number of amides is 1. The molecule has 1 aliphatic carbocycles. The molecule has 0 aromatic heterocycles. The Morgan fingerprint density at radius 1 is 0.933 bits per heavy atom. The highest BCUT2D eigenvalue weighted by atomic mass is 16.5. The van der Waals surface area contributed by atoms with Crippen LogP contribution in [-0.4, -0.2) is 42.0 Å². The van der Waals surface area contributed by atoms with Crippen LogP contribution in [0.15, 0.2) is 60.7 Å². The molecule has 2 N–H and O–H groups in total. The van der Waals surface area contributed by atoms with E-state index in [4.69, 9.17) is 14.2 Å². The SMILES string of the molecule is O=C(NC(COC1CCC(Oc2ccccc2)CC1)C(=O)O)OCc1ccccc1. The van der Waals surface area contributed by atoms with Gasteiger partial charge in [-0.25, -0.2) is 9.59 Å². The molecular formula is C23H27NO6. The number of ether oxygens (including phenoxy) is 3. The molecule has 1 fully saturated rings. The van der Waals surface area contributed by atoms with Gasteiger partial charge in [0.2, 0.25) is 0 Å². The topological polar surface area (TPSA) is 94.1 Å². The highest BCUT2D eigenvalue weighted by Crippen LogP contribution is 2.25. The number of carboxylic acids is 1. The van der Waals surface area contributed by atoms with Crippen LogP contribution in [0.4, 0.5) is 4.79 Å². The number of para-hydroxylation sites is 1. The second-order valence-corrected chi connectivity index (χ2v) is 7.26. The Morgan fingerprint density at radius 2 is 1.53 bits per heavy atom. The second-order valence-electron chi connectivity index (χ2n) is 7.26. The number of aliphatic carboxylic acids is 1. The number of hydrogen-bond acceptors (Lipinski definition) is 5. The molecule has 1 amide bonds. The van der Waals surface area contributed by atoms with Gasteiger partial charge in [-0.05, 0) is 43.4 Å². The molecular weight excluding hydrogens is 386 g/mol. The third kappa shape index (κ3) is 7.08. The number of alkyl carbamates (subject to hydrolysis) is 1. The molecule has 7 heteroatoms. The maximum absolute atomic E-state index is 11.9. The van der Waals surface area contributed by atoms with Crippen LogP contribution < -0.4 is 10.1 Å². The van der Waals surface area contributed by atoms with Gasteiger partial charge in [-0.15, -0.1) is 0 Å². The molecule has 30 heavy (non-hydrogen) atoms. The second kappa shape index (κ2) is 11.2. The van der Waals surface area contributed by atoms with Gasteiger partial charge in [0, 0.05) is 0 Å². The summed E-state index contributed by atoms with van der Waals surface area (Å²) in [4.78, 5) is 23.4. The van der Waals surface area contributed by atoms with Crippen molar-refractivity contribution in [2.45, 2.75) is 50.5 Å². The first kappa shape index (κ1) is 21.6. The quantitative estimate of drug-likeness (QED) is 0.650. The molecule has 0 bridgehead atoms. The Labute approximate surface area is 176 Å². The zero-order valence-electron chi connectivity index (χ0n) is 16.7. The molecule has 160 valence electrons. The fourth-order valence-corrected chi connectivity index (χ4v) is 3.32. The van der Waals surface area contributed by atoms with Crippen LogP contribution in [0.5, 0.6) is 5.75 Å². The van der Waals surface area contributed by atoms with Crippen molar-refractivity contribution in [3.05, 3.63) is 66.2 Å². The molecule has 0 radical (unpaired) electrons. The summed E-state index contributed by atoms with van der Waals surface area (Å²) < 4.78 is 16.8. The lowest BCUT2D eigenvalue weighted by Crippen LogP contribution is -2.45. The third-order valence-corrected chi connectivity index (χ3v) is 4.97. The van der Waals surface area contributed by atoms with Gasteiger partial charge in [-0.1, -0.05) is 48.5 Å². The van der Waals surface area contributed by atoms with Crippen molar-refractivity contribution in [1.29, 1.82) is 0 Å². The summed E-state index contributed by atoms with van der Waals surface area (Å²) in [6, 6.07) is 17.7. The van der Waals surface area contributed by atoms with Gasteiger partial charge >= 0.3 is 12.1 Å². The lowest BCUT2D eigenvalue weighted by Gasteiger charge is -2.29. The van der Waals surface area contributed by atoms with Crippen LogP contribution in [0.1, 0.15) is 31.2 Å².